The third-order valence-corrected chi connectivity index (χ3v) is 5.66. The highest BCUT2D eigenvalue weighted by molar-refractivity contribution is 8.18. The van der Waals surface area contributed by atoms with Crippen molar-refractivity contribution in [3.05, 3.63) is 101 Å². The van der Waals surface area contributed by atoms with Gasteiger partial charge in [-0.2, -0.15) is 4.68 Å². The van der Waals surface area contributed by atoms with Crippen molar-refractivity contribution >= 4 is 34.6 Å². The number of amidine groups is 1. The van der Waals surface area contributed by atoms with Crippen LogP contribution >= 0.6 is 11.8 Å². The van der Waals surface area contributed by atoms with Crippen molar-refractivity contribution < 1.29 is 9.53 Å². The number of carbonyl (C=O) groups excluding carboxylic acids is 1. The number of benzene rings is 3. The minimum atomic E-state index is -0.189. The Kier molecular flexibility index (Phi) is 5.94. The lowest BCUT2D eigenvalue weighted by atomic mass is 10.1. The molecule has 0 spiro atoms. The van der Waals surface area contributed by atoms with Crippen molar-refractivity contribution in [3.8, 4) is 11.4 Å². The number of hydrogen-bond donors (Lipinski definition) is 1. The zero-order chi connectivity index (χ0) is 22.5. The van der Waals surface area contributed by atoms with Crippen LogP contribution in [0.2, 0.25) is 0 Å². The van der Waals surface area contributed by atoms with Gasteiger partial charge in [-0.15, -0.1) is 5.10 Å². The second-order valence-corrected chi connectivity index (χ2v) is 8.10. The van der Waals surface area contributed by atoms with Gasteiger partial charge in [-0.25, -0.2) is 4.99 Å². The van der Waals surface area contributed by atoms with Gasteiger partial charge in [0.15, 0.2) is 5.17 Å². The SMILES string of the molecule is O=C1NC(=Nc2ccccc2)SC1=Cc1ccc(-n2cnnn2)c(OCc2ccccc2)c1. The first-order valence-electron chi connectivity index (χ1n) is 10.1. The molecule has 1 amide bonds. The smallest absolute Gasteiger partial charge is 0.264 e. The molecule has 9 heteroatoms. The molecule has 1 saturated heterocycles. The summed E-state index contributed by atoms with van der Waals surface area (Å²) >= 11 is 1.30. The Bertz CT molecular complexity index is 1320. The fraction of sp³-hybridized carbons (Fsp3) is 0.0417. The number of hydrogen-bond acceptors (Lipinski definition) is 7. The number of aliphatic imine (C=N–C) groups is 1. The summed E-state index contributed by atoms with van der Waals surface area (Å²) in [6.07, 6.45) is 3.32. The molecule has 1 aliphatic rings. The highest BCUT2D eigenvalue weighted by Crippen LogP contribution is 2.31. The molecular formula is C24H18N6O2S. The number of thioether (sulfide) groups is 1. The lowest BCUT2D eigenvalue weighted by Gasteiger charge is -2.12. The second kappa shape index (κ2) is 9.49. The topological polar surface area (TPSA) is 94.3 Å². The van der Waals surface area contributed by atoms with Crippen molar-refractivity contribution in [2.75, 3.05) is 0 Å². The summed E-state index contributed by atoms with van der Waals surface area (Å²) in [5, 5.41) is 14.8. The van der Waals surface area contributed by atoms with Crippen LogP contribution in [0.5, 0.6) is 5.75 Å². The van der Waals surface area contributed by atoms with E-state index in [1.165, 1.54) is 18.1 Å². The number of tetrazole rings is 1. The predicted molar refractivity (Wildman–Crippen MR) is 127 cm³/mol. The molecular weight excluding hydrogens is 436 g/mol. The molecule has 0 aliphatic carbocycles. The van der Waals surface area contributed by atoms with Gasteiger partial charge in [0.2, 0.25) is 0 Å². The Hall–Kier alpha value is -4.24. The molecule has 0 radical (unpaired) electrons. The second-order valence-electron chi connectivity index (χ2n) is 7.07. The molecule has 0 saturated carbocycles. The van der Waals surface area contributed by atoms with Gasteiger partial charge in [0.05, 0.1) is 10.6 Å². The van der Waals surface area contributed by atoms with E-state index in [0.717, 1.165) is 16.8 Å². The minimum absolute atomic E-state index is 0.189. The van der Waals surface area contributed by atoms with Gasteiger partial charge < -0.3 is 10.1 Å². The Balaban J connectivity index is 1.41. The lowest BCUT2D eigenvalue weighted by Crippen LogP contribution is -2.19. The van der Waals surface area contributed by atoms with Crippen LogP contribution in [0.1, 0.15) is 11.1 Å². The number of nitrogens with one attached hydrogen (secondary N) is 1. The first-order valence-corrected chi connectivity index (χ1v) is 10.9. The molecule has 2 heterocycles. The van der Waals surface area contributed by atoms with Crippen LogP contribution in [0.3, 0.4) is 0 Å². The molecule has 33 heavy (non-hydrogen) atoms. The summed E-state index contributed by atoms with van der Waals surface area (Å²) in [6.45, 7) is 0.388. The van der Waals surface area contributed by atoms with Crippen molar-refractivity contribution in [2.24, 2.45) is 4.99 Å². The van der Waals surface area contributed by atoms with Crippen molar-refractivity contribution in [1.29, 1.82) is 0 Å². The standard InChI is InChI=1S/C24H18N6O2S/c31-23-22(33-24(27-23)26-19-9-5-2-6-10-19)14-18-11-12-20(30-16-25-28-29-30)21(13-18)32-15-17-7-3-1-4-8-17/h1-14,16H,15H2,(H,26,27,31). The summed E-state index contributed by atoms with van der Waals surface area (Å²) < 4.78 is 7.64. The Labute approximate surface area is 194 Å². The van der Waals surface area contributed by atoms with E-state index in [1.54, 1.807) is 4.68 Å². The van der Waals surface area contributed by atoms with Gasteiger partial charge in [-0.3, -0.25) is 4.79 Å². The first-order chi connectivity index (χ1) is 16.2. The fourth-order valence-corrected chi connectivity index (χ4v) is 4.03. The van der Waals surface area contributed by atoms with E-state index in [4.69, 9.17) is 4.74 Å². The monoisotopic (exact) mass is 454 g/mol. The number of para-hydroxylation sites is 1. The molecule has 8 nitrogen and oxygen atoms in total. The highest BCUT2D eigenvalue weighted by Gasteiger charge is 2.24. The predicted octanol–water partition coefficient (Wildman–Crippen LogP) is 4.13. The third-order valence-electron chi connectivity index (χ3n) is 4.75. The zero-order valence-corrected chi connectivity index (χ0v) is 18.1. The van der Waals surface area contributed by atoms with E-state index in [9.17, 15) is 4.79 Å². The fourth-order valence-electron chi connectivity index (χ4n) is 3.18. The van der Waals surface area contributed by atoms with Crippen molar-refractivity contribution in [2.45, 2.75) is 6.61 Å². The number of ether oxygens (including phenoxy) is 1. The Morgan fingerprint density at radius 2 is 1.82 bits per heavy atom. The number of amides is 1. The lowest BCUT2D eigenvalue weighted by molar-refractivity contribution is -0.115. The highest BCUT2D eigenvalue weighted by atomic mass is 32.2. The normalized spacial score (nSPS) is 15.7. The van der Waals surface area contributed by atoms with Crippen LogP contribution < -0.4 is 10.1 Å². The number of nitrogens with zero attached hydrogens (tertiary/aromatic N) is 5. The number of rotatable bonds is 6. The largest absolute Gasteiger partial charge is 0.487 e. The van der Waals surface area contributed by atoms with Crippen LogP contribution in [0, 0.1) is 0 Å². The van der Waals surface area contributed by atoms with Gasteiger partial charge in [0, 0.05) is 0 Å². The molecule has 4 aromatic rings. The summed E-state index contributed by atoms with van der Waals surface area (Å²) in [6, 6.07) is 25.0. The maximum absolute atomic E-state index is 12.5. The average molecular weight is 455 g/mol. The van der Waals surface area contributed by atoms with E-state index in [-0.39, 0.29) is 5.91 Å². The summed E-state index contributed by atoms with van der Waals surface area (Å²) in [7, 11) is 0. The molecule has 162 valence electrons. The molecule has 1 aliphatic heterocycles. The van der Waals surface area contributed by atoms with Crippen LogP contribution in [-0.4, -0.2) is 31.3 Å². The number of carbonyl (C=O) groups is 1. The Morgan fingerprint density at radius 3 is 2.58 bits per heavy atom. The van der Waals surface area contributed by atoms with E-state index in [1.807, 2.05) is 84.9 Å². The molecule has 0 bridgehead atoms. The molecule has 0 unspecified atom stereocenters. The third kappa shape index (κ3) is 4.99. The van der Waals surface area contributed by atoms with Gasteiger partial charge in [0.1, 0.15) is 24.4 Å². The molecule has 0 atom stereocenters. The van der Waals surface area contributed by atoms with Crippen LogP contribution in [0.15, 0.2) is 95.1 Å². The van der Waals surface area contributed by atoms with Crippen molar-refractivity contribution in [1.82, 2.24) is 25.5 Å². The maximum Gasteiger partial charge on any atom is 0.264 e. The molecule has 3 aromatic carbocycles. The summed E-state index contributed by atoms with van der Waals surface area (Å²) in [5.74, 6) is 0.410. The maximum atomic E-state index is 12.5. The molecule has 1 N–H and O–H groups in total. The van der Waals surface area contributed by atoms with Crippen LogP contribution in [-0.2, 0) is 11.4 Å². The van der Waals surface area contributed by atoms with Crippen LogP contribution in [0.4, 0.5) is 5.69 Å². The minimum Gasteiger partial charge on any atom is -0.487 e. The number of aromatic nitrogens is 4. The van der Waals surface area contributed by atoms with E-state index < -0.39 is 0 Å². The van der Waals surface area contributed by atoms with Gasteiger partial charge in [-0.1, -0.05) is 54.6 Å². The van der Waals surface area contributed by atoms with E-state index in [2.05, 4.69) is 25.8 Å². The van der Waals surface area contributed by atoms with Crippen LogP contribution in [0.25, 0.3) is 11.8 Å². The zero-order valence-electron chi connectivity index (χ0n) is 17.3. The summed E-state index contributed by atoms with van der Waals surface area (Å²) in [5.41, 5.74) is 3.33. The summed E-state index contributed by atoms with van der Waals surface area (Å²) in [4.78, 5) is 17.5. The van der Waals surface area contributed by atoms with Gasteiger partial charge >= 0.3 is 0 Å². The Morgan fingerprint density at radius 1 is 1.03 bits per heavy atom. The molecule has 1 aromatic heterocycles. The average Bonchev–Trinajstić information content (AvgIpc) is 3.49. The quantitative estimate of drug-likeness (QED) is 0.440. The van der Waals surface area contributed by atoms with Gasteiger partial charge in [-0.05, 0) is 63.7 Å². The first kappa shape index (κ1) is 20.7. The van der Waals surface area contributed by atoms with E-state index in [0.29, 0.717) is 28.1 Å². The molecule has 5 rings (SSSR count). The van der Waals surface area contributed by atoms with Gasteiger partial charge in [0.25, 0.3) is 5.91 Å². The van der Waals surface area contributed by atoms with E-state index >= 15 is 0 Å². The van der Waals surface area contributed by atoms with Crippen molar-refractivity contribution in [3.63, 3.8) is 0 Å². The molecule has 1 fully saturated rings.